The largest absolute Gasteiger partial charge is 0.493 e. The number of non-ortho nitro benzene ring substituents is 1. The van der Waals surface area contributed by atoms with E-state index in [1.807, 2.05) is 32.0 Å². The average molecular weight is 644 g/mol. The molecule has 0 radical (unpaired) electrons. The second kappa shape index (κ2) is 13.8. The summed E-state index contributed by atoms with van der Waals surface area (Å²) < 4.78 is 24.7. The van der Waals surface area contributed by atoms with E-state index in [1.165, 1.54) is 35.1 Å². The summed E-state index contributed by atoms with van der Waals surface area (Å²) in [6.45, 7) is 7.71. The highest BCUT2D eigenvalue weighted by Gasteiger charge is 2.34. The molecule has 1 aliphatic heterocycles. The van der Waals surface area contributed by atoms with Crippen molar-refractivity contribution in [2.24, 2.45) is 4.99 Å². The number of carbonyl (C=O) groups excluding carboxylic acids is 1. The molecule has 0 saturated heterocycles. The maximum atomic E-state index is 14.0. The van der Waals surface area contributed by atoms with Gasteiger partial charge in [0, 0.05) is 12.1 Å². The van der Waals surface area contributed by atoms with E-state index < -0.39 is 16.9 Å². The molecule has 4 aromatic rings. The monoisotopic (exact) mass is 643 g/mol. The molecule has 12 heteroatoms. The highest BCUT2D eigenvalue weighted by Crippen LogP contribution is 2.36. The van der Waals surface area contributed by atoms with Crippen LogP contribution >= 0.6 is 11.3 Å². The van der Waals surface area contributed by atoms with Gasteiger partial charge in [0.25, 0.3) is 11.2 Å². The summed E-state index contributed by atoms with van der Waals surface area (Å²) in [4.78, 5) is 42.7. The van der Waals surface area contributed by atoms with E-state index >= 15 is 0 Å². The first kappa shape index (κ1) is 32.2. The molecule has 1 aromatic heterocycles. The maximum absolute atomic E-state index is 14.0. The van der Waals surface area contributed by atoms with Gasteiger partial charge in [-0.05, 0) is 86.9 Å². The second-order valence-corrected chi connectivity index (χ2v) is 11.7. The van der Waals surface area contributed by atoms with Crippen LogP contribution in [0.3, 0.4) is 0 Å². The minimum Gasteiger partial charge on any atom is -0.493 e. The van der Waals surface area contributed by atoms with Crippen LogP contribution in [0.5, 0.6) is 17.2 Å². The molecule has 46 heavy (non-hydrogen) atoms. The van der Waals surface area contributed by atoms with Gasteiger partial charge in [0.2, 0.25) is 0 Å². The summed E-state index contributed by atoms with van der Waals surface area (Å²) in [5.41, 5.74) is 2.66. The van der Waals surface area contributed by atoms with Crippen LogP contribution in [0.1, 0.15) is 50.4 Å². The molecule has 0 fully saturated rings. The van der Waals surface area contributed by atoms with Crippen LogP contribution in [0.15, 0.2) is 87.8 Å². The molecular formula is C34H33N3O8S. The number of nitrogens with zero attached hydrogens (tertiary/aromatic N) is 3. The number of aromatic nitrogens is 1. The summed E-state index contributed by atoms with van der Waals surface area (Å²) in [6, 6.07) is 18.0. The molecule has 0 bridgehead atoms. The van der Waals surface area contributed by atoms with Crippen LogP contribution in [0.2, 0.25) is 0 Å². The molecule has 3 aromatic carbocycles. The van der Waals surface area contributed by atoms with E-state index in [2.05, 4.69) is 4.99 Å². The SMILES string of the molecule is CCOC(=O)C1=C(C)N=c2s/c(=C\c3ccc(OCc4ccc([N+](=O)[O-])cc4)cc3)c(=O)n2[C@H]1c1ccc(OC(C)C)c(OC)c1. The van der Waals surface area contributed by atoms with E-state index in [1.54, 1.807) is 56.3 Å². The number of rotatable bonds is 11. The number of esters is 1. The number of thiazole rings is 1. The molecule has 11 nitrogen and oxygen atoms in total. The molecule has 0 unspecified atom stereocenters. The first-order valence-electron chi connectivity index (χ1n) is 14.6. The van der Waals surface area contributed by atoms with Gasteiger partial charge in [0.05, 0.1) is 46.6 Å². The molecule has 5 rings (SSSR count). The fraction of sp³-hybridized carbons (Fsp3) is 0.265. The summed E-state index contributed by atoms with van der Waals surface area (Å²) >= 11 is 1.23. The number of allylic oxidation sites excluding steroid dienone is 1. The lowest BCUT2D eigenvalue weighted by molar-refractivity contribution is -0.384. The van der Waals surface area contributed by atoms with Crippen molar-refractivity contribution in [1.29, 1.82) is 0 Å². The van der Waals surface area contributed by atoms with Crippen LogP contribution in [-0.4, -0.2) is 35.3 Å². The minimum absolute atomic E-state index is 0.0193. The third-order valence-corrected chi connectivity index (χ3v) is 8.10. The lowest BCUT2D eigenvalue weighted by Gasteiger charge is -2.25. The Balaban J connectivity index is 1.48. The van der Waals surface area contributed by atoms with E-state index in [-0.39, 0.29) is 36.1 Å². The van der Waals surface area contributed by atoms with Crippen LogP contribution in [0.25, 0.3) is 6.08 Å². The predicted octanol–water partition coefficient (Wildman–Crippen LogP) is 5.08. The number of benzene rings is 3. The van der Waals surface area contributed by atoms with Crippen LogP contribution in [0.4, 0.5) is 5.69 Å². The van der Waals surface area contributed by atoms with Crippen molar-refractivity contribution in [2.45, 2.75) is 46.4 Å². The van der Waals surface area contributed by atoms with Gasteiger partial charge in [-0.3, -0.25) is 19.5 Å². The Bertz CT molecular complexity index is 1980. The first-order valence-corrected chi connectivity index (χ1v) is 15.4. The molecule has 0 aliphatic carbocycles. The number of hydrogen-bond donors (Lipinski definition) is 0. The second-order valence-electron chi connectivity index (χ2n) is 10.7. The Hall–Kier alpha value is -5.23. The van der Waals surface area contributed by atoms with Crippen molar-refractivity contribution in [3.8, 4) is 17.2 Å². The molecule has 0 amide bonds. The third kappa shape index (κ3) is 6.86. The standard InChI is InChI=1S/C34H33N3O8S/c1-6-43-33(39)30-21(4)35-34-36(31(30)24-11-16-27(45-20(2)3)28(18-24)42-5)32(38)29(46-34)17-22-9-14-26(15-10-22)44-19-23-7-12-25(13-8-23)37(40)41/h7-18,20,31H,6,19H2,1-5H3/b29-17-/t31-/m0/s1. The zero-order valence-corrected chi connectivity index (χ0v) is 26.8. The van der Waals surface area contributed by atoms with Gasteiger partial charge in [0.15, 0.2) is 16.3 Å². The van der Waals surface area contributed by atoms with E-state index in [0.717, 1.165) is 11.1 Å². The van der Waals surface area contributed by atoms with E-state index in [9.17, 15) is 19.7 Å². The Kier molecular flexibility index (Phi) is 9.67. The fourth-order valence-electron chi connectivity index (χ4n) is 5.00. The van der Waals surface area contributed by atoms with Crippen molar-refractivity contribution in [2.75, 3.05) is 13.7 Å². The number of hydrogen-bond acceptors (Lipinski definition) is 10. The third-order valence-electron chi connectivity index (χ3n) is 7.11. The molecular weight excluding hydrogens is 610 g/mol. The highest BCUT2D eigenvalue weighted by molar-refractivity contribution is 7.07. The Morgan fingerprint density at radius 2 is 1.80 bits per heavy atom. The van der Waals surface area contributed by atoms with Gasteiger partial charge < -0.3 is 18.9 Å². The van der Waals surface area contributed by atoms with Gasteiger partial charge in [-0.2, -0.15) is 0 Å². The molecule has 0 spiro atoms. The molecule has 0 N–H and O–H groups in total. The Labute approximate surface area is 268 Å². The molecule has 238 valence electrons. The minimum atomic E-state index is -0.797. The van der Waals surface area contributed by atoms with E-state index in [4.69, 9.17) is 18.9 Å². The molecule has 2 heterocycles. The van der Waals surface area contributed by atoms with Crippen LogP contribution in [-0.2, 0) is 16.1 Å². The number of ether oxygens (including phenoxy) is 4. The molecule has 1 aliphatic rings. The Morgan fingerprint density at radius 1 is 1.09 bits per heavy atom. The van der Waals surface area contributed by atoms with Crippen molar-refractivity contribution < 1.29 is 28.7 Å². The normalized spacial score (nSPS) is 14.5. The van der Waals surface area contributed by atoms with Crippen molar-refractivity contribution in [3.63, 3.8) is 0 Å². The van der Waals surface area contributed by atoms with Crippen molar-refractivity contribution >= 4 is 29.1 Å². The average Bonchev–Trinajstić information content (AvgIpc) is 3.33. The fourth-order valence-corrected chi connectivity index (χ4v) is 6.05. The van der Waals surface area contributed by atoms with Crippen LogP contribution in [0, 0.1) is 10.1 Å². The summed E-state index contributed by atoms with van der Waals surface area (Å²) in [7, 11) is 1.54. The quantitative estimate of drug-likeness (QED) is 0.126. The zero-order valence-electron chi connectivity index (χ0n) is 26.0. The van der Waals surface area contributed by atoms with Gasteiger partial charge in [0.1, 0.15) is 12.4 Å². The number of methoxy groups -OCH3 is 1. The first-order chi connectivity index (χ1) is 22.1. The molecule has 1 atom stereocenters. The van der Waals surface area contributed by atoms with Gasteiger partial charge >= 0.3 is 5.97 Å². The Morgan fingerprint density at radius 3 is 2.43 bits per heavy atom. The number of carbonyl (C=O) groups is 1. The van der Waals surface area contributed by atoms with Gasteiger partial charge in [-0.1, -0.05) is 29.5 Å². The smallest absolute Gasteiger partial charge is 0.338 e. The van der Waals surface area contributed by atoms with Crippen LogP contribution < -0.4 is 29.1 Å². The number of fused-ring (bicyclic) bond motifs is 1. The molecule has 0 saturated carbocycles. The summed E-state index contributed by atoms with van der Waals surface area (Å²) in [5.74, 6) is 1.08. The number of nitro benzene ring substituents is 1. The van der Waals surface area contributed by atoms with E-state index in [0.29, 0.717) is 37.8 Å². The topological polar surface area (TPSA) is 131 Å². The predicted molar refractivity (Wildman–Crippen MR) is 173 cm³/mol. The van der Waals surface area contributed by atoms with Gasteiger partial charge in [-0.15, -0.1) is 0 Å². The lowest BCUT2D eigenvalue weighted by Crippen LogP contribution is -2.40. The summed E-state index contributed by atoms with van der Waals surface area (Å²) in [6.07, 6.45) is 1.69. The van der Waals surface area contributed by atoms with Crippen molar-refractivity contribution in [3.05, 3.63) is 124 Å². The summed E-state index contributed by atoms with van der Waals surface area (Å²) in [5, 5.41) is 10.9. The zero-order chi connectivity index (χ0) is 33.0. The van der Waals surface area contributed by atoms with Gasteiger partial charge in [-0.25, -0.2) is 9.79 Å². The van der Waals surface area contributed by atoms with Crippen molar-refractivity contribution in [1.82, 2.24) is 4.57 Å². The maximum Gasteiger partial charge on any atom is 0.338 e. The lowest BCUT2D eigenvalue weighted by atomic mass is 9.95. The highest BCUT2D eigenvalue weighted by atomic mass is 32.1. The number of nitro groups is 1.